The summed E-state index contributed by atoms with van der Waals surface area (Å²) in [6.07, 6.45) is -0.917. The molecule has 1 fully saturated rings. The summed E-state index contributed by atoms with van der Waals surface area (Å²) >= 11 is 6.03. The molecule has 1 atom stereocenters. The lowest BCUT2D eigenvalue weighted by molar-refractivity contribution is -0.139. The summed E-state index contributed by atoms with van der Waals surface area (Å²) in [5.41, 5.74) is 2.30. The van der Waals surface area contributed by atoms with E-state index in [1.807, 2.05) is 18.2 Å². The zero-order chi connectivity index (χ0) is 14.0. The molecule has 1 aromatic rings. The topological polar surface area (TPSA) is 43.8 Å². The average molecular weight is 283 g/mol. The number of benzene rings is 1. The van der Waals surface area contributed by atoms with Crippen LogP contribution in [0.4, 0.5) is 5.69 Å². The molecule has 19 heavy (non-hydrogen) atoms. The molecule has 1 heterocycles. The third-order valence-electron chi connectivity index (χ3n) is 3.46. The second-order valence-electron chi connectivity index (χ2n) is 4.92. The Balaban J connectivity index is 2.04. The maximum absolute atomic E-state index is 11.7. The van der Waals surface area contributed by atoms with Crippen LogP contribution >= 0.6 is 11.6 Å². The van der Waals surface area contributed by atoms with Gasteiger partial charge in [0.25, 0.3) is 5.91 Å². The number of hydrogen-bond acceptors (Lipinski definition) is 3. The lowest BCUT2D eigenvalue weighted by atomic mass is 10.1. The normalized spacial score (nSPS) is 17.5. The van der Waals surface area contributed by atoms with Gasteiger partial charge in [-0.15, -0.1) is 0 Å². The number of anilines is 1. The molecule has 1 aliphatic heterocycles. The molecule has 4 nitrogen and oxygen atoms in total. The lowest BCUT2D eigenvalue weighted by Gasteiger charge is -2.37. The van der Waals surface area contributed by atoms with E-state index in [0.717, 1.165) is 23.8 Å². The predicted molar refractivity (Wildman–Crippen MR) is 76.7 cm³/mol. The zero-order valence-electron chi connectivity index (χ0n) is 11.3. The minimum atomic E-state index is -0.917. The van der Waals surface area contributed by atoms with Crippen molar-refractivity contribution in [3.8, 4) is 0 Å². The van der Waals surface area contributed by atoms with Crippen molar-refractivity contribution in [2.24, 2.45) is 0 Å². The van der Waals surface area contributed by atoms with Gasteiger partial charge < -0.3 is 14.9 Å². The van der Waals surface area contributed by atoms with E-state index in [2.05, 4.69) is 11.8 Å². The highest BCUT2D eigenvalue weighted by molar-refractivity contribution is 6.30. The number of amides is 1. The standard InChI is InChI=1S/C14H19ClN2O2/c1-10-3-4-12(15)9-13(10)16-5-7-17(8-6-16)14(19)11(2)18/h3-4,9,11,18H,5-8H2,1-2H3. The molecule has 1 saturated heterocycles. The highest BCUT2D eigenvalue weighted by Crippen LogP contribution is 2.25. The van der Waals surface area contributed by atoms with Gasteiger partial charge in [-0.1, -0.05) is 17.7 Å². The van der Waals surface area contributed by atoms with Crippen molar-refractivity contribution in [2.45, 2.75) is 20.0 Å². The highest BCUT2D eigenvalue weighted by Gasteiger charge is 2.24. The van der Waals surface area contributed by atoms with E-state index in [1.165, 1.54) is 12.5 Å². The molecule has 1 amide bonds. The molecule has 0 aromatic heterocycles. The Labute approximate surface area is 118 Å². The van der Waals surface area contributed by atoms with E-state index in [9.17, 15) is 9.90 Å². The van der Waals surface area contributed by atoms with Gasteiger partial charge in [0, 0.05) is 36.9 Å². The smallest absolute Gasteiger partial charge is 0.251 e. The van der Waals surface area contributed by atoms with Crippen LogP contribution in [-0.2, 0) is 4.79 Å². The van der Waals surface area contributed by atoms with Crippen LogP contribution in [0.15, 0.2) is 18.2 Å². The van der Waals surface area contributed by atoms with Crippen molar-refractivity contribution < 1.29 is 9.90 Å². The van der Waals surface area contributed by atoms with Crippen molar-refractivity contribution >= 4 is 23.2 Å². The van der Waals surface area contributed by atoms with Crippen LogP contribution in [0.5, 0.6) is 0 Å². The van der Waals surface area contributed by atoms with Crippen LogP contribution in [0.2, 0.25) is 5.02 Å². The summed E-state index contributed by atoms with van der Waals surface area (Å²) in [5, 5.41) is 10.0. The van der Waals surface area contributed by atoms with Gasteiger partial charge >= 0.3 is 0 Å². The van der Waals surface area contributed by atoms with Crippen LogP contribution < -0.4 is 4.90 Å². The third-order valence-corrected chi connectivity index (χ3v) is 3.70. The van der Waals surface area contributed by atoms with E-state index in [0.29, 0.717) is 13.1 Å². The molecule has 1 aliphatic rings. The molecule has 1 unspecified atom stereocenters. The molecule has 2 rings (SSSR count). The molecular formula is C14H19ClN2O2. The van der Waals surface area contributed by atoms with Crippen LogP contribution in [-0.4, -0.2) is 48.2 Å². The number of rotatable bonds is 2. The second kappa shape index (κ2) is 5.80. The van der Waals surface area contributed by atoms with Gasteiger partial charge in [-0.2, -0.15) is 0 Å². The van der Waals surface area contributed by atoms with E-state index < -0.39 is 6.10 Å². The number of carbonyl (C=O) groups is 1. The number of aliphatic hydroxyl groups excluding tert-OH is 1. The first-order valence-electron chi connectivity index (χ1n) is 6.47. The first kappa shape index (κ1) is 14.2. The number of carbonyl (C=O) groups excluding carboxylic acids is 1. The molecule has 0 radical (unpaired) electrons. The Bertz CT molecular complexity index is 469. The summed E-state index contributed by atoms with van der Waals surface area (Å²) in [6.45, 7) is 6.36. The summed E-state index contributed by atoms with van der Waals surface area (Å²) in [7, 11) is 0. The maximum atomic E-state index is 11.7. The van der Waals surface area contributed by atoms with Gasteiger partial charge in [-0.25, -0.2) is 0 Å². The van der Waals surface area contributed by atoms with Crippen LogP contribution in [0, 0.1) is 6.92 Å². The third kappa shape index (κ3) is 3.19. The maximum Gasteiger partial charge on any atom is 0.251 e. The minimum absolute atomic E-state index is 0.192. The van der Waals surface area contributed by atoms with Crippen LogP contribution in [0.3, 0.4) is 0 Å². The Kier molecular flexibility index (Phi) is 4.32. The molecule has 0 aliphatic carbocycles. The summed E-state index contributed by atoms with van der Waals surface area (Å²) in [4.78, 5) is 15.6. The molecular weight excluding hydrogens is 264 g/mol. The molecule has 0 saturated carbocycles. The van der Waals surface area contributed by atoms with E-state index in [1.54, 1.807) is 4.90 Å². The average Bonchev–Trinajstić information content (AvgIpc) is 2.41. The molecule has 104 valence electrons. The van der Waals surface area contributed by atoms with E-state index >= 15 is 0 Å². The fraction of sp³-hybridized carbons (Fsp3) is 0.500. The van der Waals surface area contributed by atoms with Crippen molar-refractivity contribution in [3.63, 3.8) is 0 Å². The fourth-order valence-corrected chi connectivity index (χ4v) is 2.52. The lowest BCUT2D eigenvalue weighted by Crippen LogP contribution is -2.51. The Morgan fingerprint density at radius 3 is 2.53 bits per heavy atom. The first-order chi connectivity index (χ1) is 8.99. The highest BCUT2D eigenvalue weighted by atomic mass is 35.5. The SMILES string of the molecule is Cc1ccc(Cl)cc1N1CCN(C(=O)C(C)O)CC1. The fourth-order valence-electron chi connectivity index (χ4n) is 2.36. The van der Waals surface area contributed by atoms with Gasteiger partial charge in [0.15, 0.2) is 0 Å². The number of aliphatic hydroxyl groups is 1. The molecule has 1 aromatic carbocycles. The van der Waals surface area contributed by atoms with Crippen LogP contribution in [0.25, 0.3) is 0 Å². The summed E-state index contributed by atoms with van der Waals surface area (Å²) in [6, 6.07) is 5.85. The summed E-state index contributed by atoms with van der Waals surface area (Å²) in [5.74, 6) is -0.192. The zero-order valence-corrected chi connectivity index (χ0v) is 12.0. The number of piperazine rings is 1. The van der Waals surface area contributed by atoms with E-state index in [4.69, 9.17) is 11.6 Å². The Hall–Kier alpha value is -1.26. The molecule has 1 N–H and O–H groups in total. The van der Waals surface area contributed by atoms with Gasteiger partial charge in [-0.05, 0) is 31.5 Å². The number of nitrogens with zero attached hydrogens (tertiary/aromatic N) is 2. The van der Waals surface area contributed by atoms with Crippen molar-refractivity contribution in [1.29, 1.82) is 0 Å². The van der Waals surface area contributed by atoms with Crippen molar-refractivity contribution in [2.75, 3.05) is 31.1 Å². The number of halogens is 1. The predicted octanol–water partition coefficient (Wildman–Crippen LogP) is 1.68. The van der Waals surface area contributed by atoms with Crippen LogP contribution in [0.1, 0.15) is 12.5 Å². The van der Waals surface area contributed by atoms with Gasteiger partial charge in [-0.3, -0.25) is 4.79 Å². The van der Waals surface area contributed by atoms with Crippen molar-refractivity contribution in [3.05, 3.63) is 28.8 Å². The van der Waals surface area contributed by atoms with Gasteiger partial charge in [0.1, 0.15) is 6.10 Å². The van der Waals surface area contributed by atoms with E-state index in [-0.39, 0.29) is 5.91 Å². The number of aryl methyl sites for hydroxylation is 1. The second-order valence-corrected chi connectivity index (χ2v) is 5.36. The Morgan fingerprint density at radius 1 is 1.32 bits per heavy atom. The molecule has 5 heteroatoms. The minimum Gasteiger partial charge on any atom is -0.384 e. The van der Waals surface area contributed by atoms with Crippen molar-refractivity contribution in [1.82, 2.24) is 4.90 Å². The van der Waals surface area contributed by atoms with Gasteiger partial charge in [0.05, 0.1) is 0 Å². The first-order valence-corrected chi connectivity index (χ1v) is 6.85. The van der Waals surface area contributed by atoms with Gasteiger partial charge in [0.2, 0.25) is 0 Å². The summed E-state index contributed by atoms with van der Waals surface area (Å²) < 4.78 is 0. The molecule has 0 spiro atoms. The monoisotopic (exact) mass is 282 g/mol. The number of hydrogen-bond donors (Lipinski definition) is 1. The quantitative estimate of drug-likeness (QED) is 0.898. The molecule has 0 bridgehead atoms. The largest absolute Gasteiger partial charge is 0.384 e. The Morgan fingerprint density at radius 2 is 1.95 bits per heavy atom.